The minimum atomic E-state index is -0.266. The van der Waals surface area contributed by atoms with Gasteiger partial charge in [0.05, 0.1) is 0 Å². The Morgan fingerprint density at radius 3 is 2.38 bits per heavy atom. The van der Waals surface area contributed by atoms with E-state index in [0.717, 1.165) is 11.1 Å². The maximum atomic E-state index is 11.8. The Hall–Kier alpha value is -2.09. The van der Waals surface area contributed by atoms with Crippen LogP contribution in [0.2, 0.25) is 0 Å². The van der Waals surface area contributed by atoms with Gasteiger partial charge in [0.25, 0.3) is 0 Å². The van der Waals surface area contributed by atoms with Crippen LogP contribution < -0.4 is 4.74 Å². The summed E-state index contributed by atoms with van der Waals surface area (Å²) in [5.41, 5.74) is 1.94. The lowest BCUT2D eigenvalue weighted by atomic mass is 9.93. The van der Waals surface area contributed by atoms with Crippen molar-refractivity contribution in [2.24, 2.45) is 0 Å². The molecule has 1 aliphatic heterocycles. The van der Waals surface area contributed by atoms with Gasteiger partial charge >= 0.3 is 5.97 Å². The zero-order chi connectivity index (χ0) is 11.0. The molecule has 3 rings (SSSR count). The normalized spacial score (nSPS) is 18.0. The maximum Gasteiger partial charge on any atom is 0.323 e. The van der Waals surface area contributed by atoms with Gasteiger partial charge in [0.1, 0.15) is 11.7 Å². The molecule has 0 saturated heterocycles. The fourth-order valence-corrected chi connectivity index (χ4v) is 2.07. The molecule has 0 radical (unpaired) electrons. The predicted octanol–water partition coefficient (Wildman–Crippen LogP) is 2.74. The third kappa shape index (κ3) is 1.31. The third-order valence-corrected chi connectivity index (χ3v) is 2.81. The van der Waals surface area contributed by atoms with Crippen molar-refractivity contribution in [3.63, 3.8) is 0 Å². The van der Waals surface area contributed by atoms with Crippen molar-refractivity contribution in [1.29, 1.82) is 0 Å². The number of esters is 1. The number of rotatable bonds is 1. The van der Waals surface area contributed by atoms with Crippen LogP contribution in [-0.4, -0.2) is 5.97 Å². The molecule has 0 aromatic heterocycles. The number of carbonyl (C=O) groups excluding carboxylic acids is 1. The molecule has 2 aromatic rings. The molecule has 2 aromatic carbocycles. The molecule has 2 nitrogen and oxygen atoms in total. The molecule has 0 amide bonds. The molecule has 16 heavy (non-hydrogen) atoms. The summed E-state index contributed by atoms with van der Waals surface area (Å²) in [6.45, 7) is 0. The van der Waals surface area contributed by atoms with E-state index in [1.165, 1.54) is 0 Å². The molecule has 0 spiro atoms. The highest BCUT2D eigenvalue weighted by atomic mass is 16.5. The number of carbonyl (C=O) groups is 1. The number of ether oxygens (including phenoxy) is 1. The van der Waals surface area contributed by atoms with Gasteiger partial charge in [0.2, 0.25) is 0 Å². The van der Waals surface area contributed by atoms with Gasteiger partial charge in [-0.15, -0.1) is 0 Å². The first-order chi connectivity index (χ1) is 7.86. The van der Waals surface area contributed by atoms with Crippen molar-refractivity contribution in [3.8, 4) is 5.75 Å². The molecule has 1 unspecified atom stereocenters. The summed E-state index contributed by atoms with van der Waals surface area (Å²) in [5.74, 6) is 0.228. The number of fused-ring (bicyclic) bond motifs is 1. The van der Waals surface area contributed by atoms with Crippen molar-refractivity contribution in [3.05, 3.63) is 65.7 Å². The van der Waals surface area contributed by atoms with Gasteiger partial charge in [0.15, 0.2) is 0 Å². The van der Waals surface area contributed by atoms with Crippen molar-refractivity contribution in [1.82, 2.24) is 0 Å². The molecule has 0 fully saturated rings. The molecule has 0 N–H and O–H groups in total. The minimum Gasteiger partial charge on any atom is -0.425 e. The van der Waals surface area contributed by atoms with Crippen LogP contribution in [-0.2, 0) is 4.79 Å². The van der Waals surface area contributed by atoms with Crippen LogP contribution in [0.25, 0.3) is 0 Å². The Labute approximate surface area is 93.5 Å². The Balaban J connectivity index is 2.13. The van der Waals surface area contributed by atoms with E-state index in [9.17, 15) is 4.79 Å². The quantitative estimate of drug-likeness (QED) is 0.534. The summed E-state index contributed by atoms with van der Waals surface area (Å²) < 4.78 is 5.23. The standard InChI is InChI=1S/C14H10O2/c15-14-13(10-6-2-1-3-7-10)11-8-4-5-9-12(11)16-14/h1-9,13H. The molecule has 78 valence electrons. The zero-order valence-electron chi connectivity index (χ0n) is 8.59. The zero-order valence-corrected chi connectivity index (χ0v) is 8.59. The number of hydrogen-bond acceptors (Lipinski definition) is 2. The average molecular weight is 210 g/mol. The minimum absolute atomic E-state index is 0.188. The van der Waals surface area contributed by atoms with E-state index in [1.807, 2.05) is 54.6 Å². The van der Waals surface area contributed by atoms with Crippen molar-refractivity contribution in [2.75, 3.05) is 0 Å². The molecule has 0 aliphatic carbocycles. The maximum absolute atomic E-state index is 11.8. The first kappa shape index (κ1) is 9.16. The number of benzene rings is 2. The lowest BCUT2D eigenvalue weighted by Gasteiger charge is -2.06. The largest absolute Gasteiger partial charge is 0.425 e. The second-order valence-corrected chi connectivity index (χ2v) is 3.80. The van der Waals surface area contributed by atoms with Gasteiger partial charge in [-0.05, 0) is 11.6 Å². The van der Waals surface area contributed by atoms with Crippen molar-refractivity contribution >= 4 is 5.97 Å². The van der Waals surface area contributed by atoms with E-state index < -0.39 is 0 Å². The lowest BCUT2D eigenvalue weighted by Crippen LogP contribution is -2.11. The van der Waals surface area contributed by atoms with Crippen LogP contribution in [0, 0.1) is 0 Å². The Morgan fingerprint density at radius 1 is 0.875 bits per heavy atom. The molecule has 1 atom stereocenters. The summed E-state index contributed by atoms with van der Waals surface area (Å²) in [6, 6.07) is 17.3. The summed E-state index contributed by atoms with van der Waals surface area (Å²) in [4.78, 5) is 11.8. The summed E-state index contributed by atoms with van der Waals surface area (Å²) in [7, 11) is 0. The molecule has 0 bridgehead atoms. The SMILES string of the molecule is O=C1Oc2ccccc2C1c1ccccc1. The van der Waals surface area contributed by atoms with Crippen LogP contribution in [0.1, 0.15) is 17.0 Å². The van der Waals surface area contributed by atoms with Gasteiger partial charge in [-0.2, -0.15) is 0 Å². The third-order valence-electron chi connectivity index (χ3n) is 2.81. The lowest BCUT2D eigenvalue weighted by molar-refractivity contribution is -0.133. The van der Waals surface area contributed by atoms with E-state index in [0.29, 0.717) is 5.75 Å². The highest BCUT2D eigenvalue weighted by Crippen LogP contribution is 2.38. The van der Waals surface area contributed by atoms with Gasteiger partial charge < -0.3 is 4.74 Å². The van der Waals surface area contributed by atoms with Crippen LogP contribution in [0.4, 0.5) is 0 Å². The molecule has 2 heteroatoms. The molecular formula is C14H10O2. The van der Waals surface area contributed by atoms with E-state index in [4.69, 9.17) is 4.74 Å². The van der Waals surface area contributed by atoms with E-state index in [1.54, 1.807) is 0 Å². The summed E-state index contributed by atoms with van der Waals surface area (Å²) in [6.07, 6.45) is 0. The second-order valence-electron chi connectivity index (χ2n) is 3.80. The van der Waals surface area contributed by atoms with Crippen molar-refractivity contribution < 1.29 is 9.53 Å². The van der Waals surface area contributed by atoms with E-state index >= 15 is 0 Å². The fourth-order valence-electron chi connectivity index (χ4n) is 2.07. The van der Waals surface area contributed by atoms with E-state index in [2.05, 4.69) is 0 Å². The van der Waals surface area contributed by atoms with Crippen molar-refractivity contribution in [2.45, 2.75) is 5.92 Å². The smallest absolute Gasteiger partial charge is 0.323 e. The fraction of sp³-hybridized carbons (Fsp3) is 0.0714. The number of para-hydroxylation sites is 1. The van der Waals surface area contributed by atoms with Crippen LogP contribution in [0.15, 0.2) is 54.6 Å². The van der Waals surface area contributed by atoms with Crippen LogP contribution in [0.3, 0.4) is 0 Å². The van der Waals surface area contributed by atoms with Crippen LogP contribution in [0.5, 0.6) is 5.75 Å². The Morgan fingerprint density at radius 2 is 1.56 bits per heavy atom. The summed E-state index contributed by atoms with van der Waals surface area (Å²) in [5, 5.41) is 0. The van der Waals surface area contributed by atoms with Gasteiger partial charge in [0, 0.05) is 5.56 Å². The first-order valence-corrected chi connectivity index (χ1v) is 5.22. The second kappa shape index (κ2) is 3.49. The average Bonchev–Trinajstić information content (AvgIpc) is 2.66. The van der Waals surface area contributed by atoms with E-state index in [-0.39, 0.29) is 11.9 Å². The Kier molecular flexibility index (Phi) is 2.00. The molecule has 1 heterocycles. The monoisotopic (exact) mass is 210 g/mol. The molecule has 1 aliphatic rings. The van der Waals surface area contributed by atoms with Gasteiger partial charge in [-0.1, -0.05) is 48.5 Å². The highest BCUT2D eigenvalue weighted by molar-refractivity contribution is 5.89. The first-order valence-electron chi connectivity index (χ1n) is 5.22. The molecular weight excluding hydrogens is 200 g/mol. The van der Waals surface area contributed by atoms with Gasteiger partial charge in [-0.25, -0.2) is 0 Å². The summed E-state index contributed by atoms with van der Waals surface area (Å²) >= 11 is 0. The van der Waals surface area contributed by atoms with Gasteiger partial charge in [-0.3, -0.25) is 4.79 Å². The highest BCUT2D eigenvalue weighted by Gasteiger charge is 2.33. The molecule has 0 saturated carbocycles. The topological polar surface area (TPSA) is 26.3 Å². The van der Waals surface area contributed by atoms with Crippen LogP contribution >= 0.6 is 0 Å². The number of hydrogen-bond donors (Lipinski definition) is 0. The Bertz CT molecular complexity index is 531. The predicted molar refractivity (Wildman–Crippen MR) is 60.4 cm³/mol.